The van der Waals surface area contributed by atoms with Crippen molar-refractivity contribution in [2.45, 2.75) is 40.2 Å². The molecule has 0 atom stereocenters. The number of carbonyl (C=O) groups excluding carboxylic acids is 2. The highest BCUT2D eigenvalue weighted by molar-refractivity contribution is 6.31. The number of amides is 1. The summed E-state index contributed by atoms with van der Waals surface area (Å²) in [7, 11) is 0. The third kappa shape index (κ3) is 4.77. The highest BCUT2D eigenvalue weighted by atomic mass is 35.5. The molecule has 0 unspecified atom stereocenters. The lowest BCUT2D eigenvalue weighted by molar-refractivity contribution is -0.143. The molecule has 0 saturated carbocycles. The molecule has 1 rings (SSSR count). The van der Waals surface area contributed by atoms with Crippen molar-refractivity contribution in [3.8, 4) is 0 Å². The molecule has 1 aromatic heterocycles. The fourth-order valence-electron chi connectivity index (χ4n) is 2.09. The maximum absolute atomic E-state index is 12.7. The third-order valence-electron chi connectivity index (χ3n) is 3.00. The molecule has 1 amide bonds. The van der Waals surface area contributed by atoms with Gasteiger partial charge in [-0.15, -0.1) is 0 Å². The van der Waals surface area contributed by atoms with Crippen molar-refractivity contribution in [1.82, 2.24) is 9.47 Å². The van der Waals surface area contributed by atoms with Crippen molar-refractivity contribution in [3.05, 3.63) is 23.0 Å². The van der Waals surface area contributed by atoms with Gasteiger partial charge in [-0.1, -0.05) is 18.5 Å². The molecule has 0 saturated heterocycles. The smallest absolute Gasteiger partial charge is 0.325 e. The molecule has 0 aromatic carbocycles. The summed E-state index contributed by atoms with van der Waals surface area (Å²) in [6.45, 7) is 8.42. The molecule has 118 valence electrons. The Morgan fingerprint density at radius 1 is 1.38 bits per heavy atom. The normalized spacial score (nSPS) is 10.8. The van der Waals surface area contributed by atoms with Crippen LogP contribution in [0.1, 0.15) is 50.6 Å². The van der Waals surface area contributed by atoms with Gasteiger partial charge in [-0.3, -0.25) is 9.59 Å². The molecule has 5 nitrogen and oxygen atoms in total. The molecular formula is C15H23ClN2O3. The molecule has 0 spiro atoms. The zero-order chi connectivity index (χ0) is 16.0. The van der Waals surface area contributed by atoms with Gasteiger partial charge in [0, 0.05) is 18.8 Å². The standard InChI is InChI=1S/C15H23ClN2O3/c1-5-7-17(10-14(19)21-6-2)15(20)13-8-12(16)9-18(13)11(3)4/h8-9,11H,5-7,10H2,1-4H3. The van der Waals surface area contributed by atoms with E-state index in [2.05, 4.69) is 0 Å². The van der Waals surface area contributed by atoms with E-state index in [0.29, 0.717) is 23.9 Å². The van der Waals surface area contributed by atoms with Gasteiger partial charge < -0.3 is 14.2 Å². The summed E-state index contributed by atoms with van der Waals surface area (Å²) in [5, 5.41) is 0.514. The lowest BCUT2D eigenvalue weighted by atomic mass is 10.3. The second kappa shape index (κ2) is 8.08. The molecule has 6 heteroatoms. The Kier molecular flexibility index (Phi) is 6.75. The van der Waals surface area contributed by atoms with Crippen LogP contribution in [0, 0.1) is 0 Å². The van der Waals surface area contributed by atoms with Crippen molar-refractivity contribution in [2.75, 3.05) is 19.7 Å². The van der Waals surface area contributed by atoms with Gasteiger partial charge in [0.15, 0.2) is 0 Å². The molecule has 0 N–H and O–H groups in total. The van der Waals surface area contributed by atoms with E-state index in [4.69, 9.17) is 16.3 Å². The Morgan fingerprint density at radius 2 is 2.05 bits per heavy atom. The fraction of sp³-hybridized carbons (Fsp3) is 0.600. The van der Waals surface area contributed by atoms with Gasteiger partial charge in [0.2, 0.25) is 0 Å². The number of esters is 1. The summed E-state index contributed by atoms with van der Waals surface area (Å²) in [6.07, 6.45) is 2.50. The minimum absolute atomic E-state index is 0.0403. The van der Waals surface area contributed by atoms with E-state index in [1.807, 2.05) is 25.3 Å². The van der Waals surface area contributed by atoms with Crippen molar-refractivity contribution in [1.29, 1.82) is 0 Å². The molecule has 1 aromatic rings. The predicted molar refractivity (Wildman–Crippen MR) is 82.7 cm³/mol. The van der Waals surface area contributed by atoms with Crippen LogP contribution in [0.4, 0.5) is 0 Å². The van der Waals surface area contributed by atoms with Crippen LogP contribution in [0.5, 0.6) is 0 Å². The van der Waals surface area contributed by atoms with Gasteiger partial charge in [-0.05, 0) is 33.3 Å². The first kappa shape index (κ1) is 17.6. The number of hydrogen-bond donors (Lipinski definition) is 0. The second-order valence-electron chi connectivity index (χ2n) is 5.08. The van der Waals surface area contributed by atoms with Crippen LogP contribution in [-0.2, 0) is 9.53 Å². The minimum Gasteiger partial charge on any atom is -0.465 e. The summed E-state index contributed by atoms with van der Waals surface area (Å²) in [5.74, 6) is -0.599. The minimum atomic E-state index is -0.395. The fourth-order valence-corrected chi connectivity index (χ4v) is 2.30. The SMILES string of the molecule is CCCN(CC(=O)OCC)C(=O)c1cc(Cl)cn1C(C)C. The van der Waals surface area contributed by atoms with E-state index in [1.54, 1.807) is 19.2 Å². The van der Waals surface area contributed by atoms with E-state index >= 15 is 0 Å². The average Bonchev–Trinajstić information content (AvgIpc) is 2.80. The van der Waals surface area contributed by atoms with Gasteiger partial charge in [0.1, 0.15) is 12.2 Å². The van der Waals surface area contributed by atoms with Crippen LogP contribution in [0.15, 0.2) is 12.3 Å². The van der Waals surface area contributed by atoms with Crippen LogP contribution < -0.4 is 0 Å². The van der Waals surface area contributed by atoms with Crippen molar-refractivity contribution in [2.24, 2.45) is 0 Å². The number of halogens is 1. The van der Waals surface area contributed by atoms with E-state index in [1.165, 1.54) is 4.90 Å². The van der Waals surface area contributed by atoms with Gasteiger partial charge in [0.05, 0.1) is 11.6 Å². The molecule has 21 heavy (non-hydrogen) atoms. The Bertz CT molecular complexity index is 497. The first-order valence-electron chi connectivity index (χ1n) is 7.22. The number of carbonyl (C=O) groups is 2. The second-order valence-corrected chi connectivity index (χ2v) is 5.51. The monoisotopic (exact) mass is 314 g/mol. The van der Waals surface area contributed by atoms with E-state index in [-0.39, 0.29) is 18.5 Å². The summed E-state index contributed by atoms with van der Waals surface area (Å²) in [6, 6.07) is 1.75. The highest BCUT2D eigenvalue weighted by Crippen LogP contribution is 2.20. The molecule has 0 bridgehead atoms. The van der Waals surface area contributed by atoms with E-state index in [9.17, 15) is 9.59 Å². The van der Waals surface area contributed by atoms with Crippen LogP contribution in [-0.4, -0.2) is 41.0 Å². The molecule has 0 fully saturated rings. The number of aromatic nitrogens is 1. The summed E-state index contributed by atoms with van der Waals surface area (Å²) in [4.78, 5) is 25.8. The Labute approximate surface area is 130 Å². The molecule has 0 aliphatic carbocycles. The maximum Gasteiger partial charge on any atom is 0.325 e. The largest absolute Gasteiger partial charge is 0.465 e. The lowest BCUT2D eigenvalue weighted by Gasteiger charge is -2.22. The van der Waals surface area contributed by atoms with Crippen LogP contribution in [0.3, 0.4) is 0 Å². The van der Waals surface area contributed by atoms with Crippen LogP contribution in [0.2, 0.25) is 5.02 Å². The Balaban J connectivity index is 2.97. The molecule has 0 aliphatic heterocycles. The first-order chi connectivity index (χ1) is 9.90. The van der Waals surface area contributed by atoms with Crippen LogP contribution in [0.25, 0.3) is 0 Å². The average molecular weight is 315 g/mol. The van der Waals surface area contributed by atoms with E-state index < -0.39 is 5.97 Å². The van der Waals surface area contributed by atoms with Crippen molar-refractivity contribution >= 4 is 23.5 Å². The summed E-state index contributed by atoms with van der Waals surface area (Å²) in [5.41, 5.74) is 0.493. The maximum atomic E-state index is 12.7. The Morgan fingerprint density at radius 3 is 2.57 bits per heavy atom. The number of hydrogen-bond acceptors (Lipinski definition) is 3. The zero-order valence-corrected chi connectivity index (χ0v) is 13.8. The Hall–Kier alpha value is -1.49. The predicted octanol–water partition coefficient (Wildman–Crippen LogP) is 3.14. The van der Waals surface area contributed by atoms with Gasteiger partial charge >= 0.3 is 5.97 Å². The molecule has 1 heterocycles. The van der Waals surface area contributed by atoms with Crippen molar-refractivity contribution in [3.63, 3.8) is 0 Å². The molecule has 0 radical (unpaired) electrons. The summed E-state index contributed by atoms with van der Waals surface area (Å²) < 4.78 is 6.74. The van der Waals surface area contributed by atoms with Gasteiger partial charge in [0.25, 0.3) is 5.91 Å². The topological polar surface area (TPSA) is 51.5 Å². The van der Waals surface area contributed by atoms with E-state index in [0.717, 1.165) is 6.42 Å². The summed E-state index contributed by atoms with van der Waals surface area (Å²) >= 11 is 6.01. The van der Waals surface area contributed by atoms with Crippen LogP contribution >= 0.6 is 11.6 Å². The van der Waals surface area contributed by atoms with Gasteiger partial charge in [-0.2, -0.15) is 0 Å². The quantitative estimate of drug-likeness (QED) is 0.726. The van der Waals surface area contributed by atoms with Gasteiger partial charge in [-0.25, -0.2) is 0 Å². The number of nitrogens with zero attached hydrogens (tertiary/aromatic N) is 2. The highest BCUT2D eigenvalue weighted by Gasteiger charge is 2.23. The number of ether oxygens (including phenoxy) is 1. The first-order valence-corrected chi connectivity index (χ1v) is 7.60. The molecular weight excluding hydrogens is 292 g/mol. The zero-order valence-electron chi connectivity index (χ0n) is 13.1. The third-order valence-corrected chi connectivity index (χ3v) is 3.20. The van der Waals surface area contributed by atoms with Crippen molar-refractivity contribution < 1.29 is 14.3 Å². The number of rotatable bonds is 7. The molecule has 0 aliphatic rings. The lowest BCUT2D eigenvalue weighted by Crippen LogP contribution is -2.38.